The summed E-state index contributed by atoms with van der Waals surface area (Å²) < 4.78 is 5.10. The molecule has 0 spiro atoms. The first-order valence-electron chi connectivity index (χ1n) is 7.29. The maximum atomic E-state index is 12.0. The summed E-state index contributed by atoms with van der Waals surface area (Å²) in [5.74, 6) is -0.879. The molecule has 1 amide bonds. The van der Waals surface area contributed by atoms with Gasteiger partial charge in [0.2, 0.25) is 5.91 Å². The van der Waals surface area contributed by atoms with Crippen LogP contribution in [0, 0.1) is 5.92 Å². The number of carbonyl (C=O) groups excluding carboxylic acids is 3. The number of ether oxygens (including phenoxy) is 1. The third-order valence-electron chi connectivity index (χ3n) is 3.48. The van der Waals surface area contributed by atoms with Crippen molar-refractivity contribution in [2.24, 2.45) is 5.92 Å². The van der Waals surface area contributed by atoms with Gasteiger partial charge in [0.05, 0.1) is 5.92 Å². The van der Waals surface area contributed by atoms with Crippen LogP contribution in [0.3, 0.4) is 0 Å². The lowest BCUT2D eigenvalue weighted by Gasteiger charge is -2.16. The molecule has 1 aromatic carbocycles. The van der Waals surface area contributed by atoms with Gasteiger partial charge in [-0.15, -0.1) is 0 Å². The highest BCUT2D eigenvalue weighted by molar-refractivity contribution is 5.98. The molecule has 1 atom stereocenters. The van der Waals surface area contributed by atoms with Gasteiger partial charge < -0.3 is 10.1 Å². The largest absolute Gasteiger partial charge is 0.457 e. The smallest absolute Gasteiger partial charge is 0.309 e. The van der Waals surface area contributed by atoms with Crippen molar-refractivity contribution in [3.05, 3.63) is 42.0 Å². The number of nitrogens with one attached hydrogen (secondary N) is 1. The second-order valence-electron chi connectivity index (χ2n) is 5.27. The van der Waals surface area contributed by atoms with E-state index < -0.39 is 0 Å². The van der Waals surface area contributed by atoms with Gasteiger partial charge >= 0.3 is 5.97 Å². The van der Waals surface area contributed by atoms with E-state index in [9.17, 15) is 14.4 Å². The molecule has 0 saturated heterocycles. The molecular formula is C17H19NO4. The molecule has 0 radical (unpaired) electrons. The summed E-state index contributed by atoms with van der Waals surface area (Å²) >= 11 is 0. The van der Waals surface area contributed by atoms with Crippen LogP contribution in [0.15, 0.2) is 36.4 Å². The molecule has 0 fully saturated rings. The van der Waals surface area contributed by atoms with E-state index in [0.717, 1.165) is 12.8 Å². The van der Waals surface area contributed by atoms with E-state index in [4.69, 9.17) is 4.74 Å². The molecule has 116 valence electrons. The Morgan fingerprint density at radius 3 is 2.50 bits per heavy atom. The molecule has 0 saturated carbocycles. The molecule has 0 unspecified atom stereocenters. The summed E-state index contributed by atoms with van der Waals surface area (Å²) in [5.41, 5.74) is 1.07. The van der Waals surface area contributed by atoms with Crippen LogP contribution >= 0.6 is 0 Å². The van der Waals surface area contributed by atoms with Gasteiger partial charge in [-0.25, -0.2) is 0 Å². The predicted molar refractivity (Wildman–Crippen MR) is 82.5 cm³/mol. The van der Waals surface area contributed by atoms with Gasteiger partial charge in [0.1, 0.15) is 0 Å². The first kappa shape index (κ1) is 15.9. The van der Waals surface area contributed by atoms with Crippen LogP contribution in [0.4, 0.5) is 5.69 Å². The molecule has 1 aromatic rings. The number of benzene rings is 1. The number of carbonyl (C=O) groups is 3. The van der Waals surface area contributed by atoms with Crippen LogP contribution in [-0.4, -0.2) is 24.3 Å². The number of rotatable bonds is 5. The summed E-state index contributed by atoms with van der Waals surface area (Å²) in [6.45, 7) is 1.16. The molecule has 5 heteroatoms. The molecule has 1 N–H and O–H groups in total. The molecule has 1 aliphatic rings. The van der Waals surface area contributed by atoms with Gasteiger partial charge in [0.25, 0.3) is 0 Å². The van der Waals surface area contributed by atoms with E-state index in [-0.39, 0.29) is 30.2 Å². The van der Waals surface area contributed by atoms with Crippen molar-refractivity contribution < 1.29 is 19.1 Å². The van der Waals surface area contributed by atoms with Crippen molar-refractivity contribution in [1.82, 2.24) is 0 Å². The van der Waals surface area contributed by atoms with Gasteiger partial charge in [-0.2, -0.15) is 0 Å². The van der Waals surface area contributed by atoms with Gasteiger partial charge in [-0.05, 0) is 43.5 Å². The highest BCUT2D eigenvalue weighted by Crippen LogP contribution is 2.19. The lowest BCUT2D eigenvalue weighted by Crippen LogP contribution is -2.22. The molecule has 0 bridgehead atoms. The lowest BCUT2D eigenvalue weighted by molar-refractivity contribution is -0.147. The molecule has 2 rings (SSSR count). The summed E-state index contributed by atoms with van der Waals surface area (Å²) in [6.07, 6.45) is 6.34. The minimum atomic E-state index is -0.312. The fourth-order valence-corrected chi connectivity index (χ4v) is 2.29. The summed E-state index contributed by atoms with van der Waals surface area (Å²) in [4.78, 5) is 34.8. The minimum Gasteiger partial charge on any atom is -0.457 e. The molecule has 22 heavy (non-hydrogen) atoms. The fraction of sp³-hybridized carbons (Fsp3) is 0.353. The van der Waals surface area contributed by atoms with Gasteiger partial charge in [0.15, 0.2) is 12.4 Å². The van der Waals surface area contributed by atoms with Crippen molar-refractivity contribution in [3.63, 3.8) is 0 Å². The monoisotopic (exact) mass is 301 g/mol. The zero-order chi connectivity index (χ0) is 15.9. The Hall–Kier alpha value is -2.43. The van der Waals surface area contributed by atoms with Crippen LogP contribution in [0.2, 0.25) is 0 Å². The van der Waals surface area contributed by atoms with Crippen molar-refractivity contribution in [2.75, 3.05) is 11.9 Å². The molecule has 5 nitrogen and oxygen atoms in total. The van der Waals surface area contributed by atoms with E-state index in [1.165, 1.54) is 6.92 Å². The molecule has 0 aromatic heterocycles. The summed E-state index contributed by atoms with van der Waals surface area (Å²) in [6, 6.07) is 6.49. The Bertz CT molecular complexity index is 589. The van der Waals surface area contributed by atoms with Crippen LogP contribution in [-0.2, 0) is 14.3 Å². The lowest BCUT2D eigenvalue weighted by atomic mass is 9.95. The van der Waals surface area contributed by atoms with Gasteiger partial charge in [-0.1, -0.05) is 12.2 Å². The van der Waals surface area contributed by atoms with E-state index in [1.54, 1.807) is 24.3 Å². The number of ketones is 1. The third kappa shape index (κ3) is 4.55. The summed E-state index contributed by atoms with van der Waals surface area (Å²) in [5, 5.41) is 2.62. The topological polar surface area (TPSA) is 72.5 Å². The number of esters is 1. The second-order valence-corrected chi connectivity index (χ2v) is 5.27. The van der Waals surface area contributed by atoms with Crippen molar-refractivity contribution >= 4 is 23.3 Å². The number of hydrogen-bond acceptors (Lipinski definition) is 4. The number of allylic oxidation sites excluding steroid dienone is 2. The first-order chi connectivity index (χ1) is 10.6. The predicted octanol–water partition coefficient (Wildman–Crippen LogP) is 2.73. The SMILES string of the molecule is CC(=O)Nc1ccc(C(=O)COC(=O)[C@@H]2CC=CCC2)cc1. The normalized spacial score (nSPS) is 16.9. The number of hydrogen-bond donors (Lipinski definition) is 1. The molecule has 0 aliphatic heterocycles. The third-order valence-corrected chi connectivity index (χ3v) is 3.48. The van der Waals surface area contributed by atoms with Crippen LogP contribution in [0.25, 0.3) is 0 Å². The zero-order valence-electron chi connectivity index (χ0n) is 12.5. The Labute approximate surface area is 129 Å². The highest BCUT2D eigenvalue weighted by atomic mass is 16.5. The summed E-state index contributed by atoms with van der Waals surface area (Å²) in [7, 11) is 0. The maximum Gasteiger partial charge on any atom is 0.309 e. The minimum absolute atomic E-state index is 0.139. The van der Waals surface area contributed by atoms with Crippen molar-refractivity contribution in [2.45, 2.75) is 26.2 Å². The Morgan fingerprint density at radius 2 is 1.91 bits per heavy atom. The van der Waals surface area contributed by atoms with Crippen molar-refractivity contribution in [3.8, 4) is 0 Å². The van der Waals surface area contributed by atoms with E-state index in [1.807, 2.05) is 12.2 Å². The second kappa shape index (κ2) is 7.54. The number of Topliss-reactive ketones (excluding diaryl/α,β-unsaturated/α-hetero) is 1. The van der Waals surface area contributed by atoms with Crippen molar-refractivity contribution in [1.29, 1.82) is 0 Å². The van der Waals surface area contributed by atoms with Crippen LogP contribution < -0.4 is 5.32 Å². The standard InChI is InChI=1S/C17H19NO4/c1-12(19)18-15-9-7-13(8-10-15)16(20)11-22-17(21)14-5-3-2-4-6-14/h2-3,7-10,14H,4-6,11H2,1H3,(H,18,19)/t14-/m1/s1. The number of amides is 1. The Balaban J connectivity index is 1.85. The van der Waals surface area contributed by atoms with Gasteiger partial charge in [0, 0.05) is 18.2 Å². The fourth-order valence-electron chi connectivity index (χ4n) is 2.29. The van der Waals surface area contributed by atoms with Crippen LogP contribution in [0.1, 0.15) is 36.5 Å². The van der Waals surface area contributed by atoms with Crippen LogP contribution in [0.5, 0.6) is 0 Å². The van der Waals surface area contributed by atoms with Gasteiger partial charge in [-0.3, -0.25) is 14.4 Å². The Morgan fingerprint density at radius 1 is 1.18 bits per heavy atom. The zero-order valence-corrected chi connectivity index (χ0v) is 12.5. The molecule has 0 heterocycles. The van der Waals surface area contributed by atoms with E-state index in [0.29, 0.717) is 17.7 Å². The van der Waals surface area contributed by atoms with E-state index in [2.05, 4.69) is 5.32 Å². The Kier molecular flexibility index (Phi) is 5.47. The highest BCUT2D eigenvalue weighted by Gasteiger charge is 2.21. The maximum absolute atomic E-state index is 12.0. The first-order valence-corrected chi connectivity index (χ1v) is 7.29. The van der Waals surface area contributed by atoms with E-state index >= 15 is 0 Å². The average molecular weight is 301 g/mol. The number of anilines is 1. The molecule has 1 aliphatic carbocycles. The quantitative estimate of drug-likeness (QED) is 0.515. The average Bonchev–Trinajstić information content (AvgIpc) is 2.53. The molecular weight excluding hydrogens is 282 g/mol.